The molecule has 0 aliphatic carbocycles. The third kappa shape index (κ3) is 3.60. The van der Waals surface area contributed by atoms with Crippen LogP contribution in [0.1, 0.15) is 46.5 Å². The minimum atomic E-state index is 0.631. The summed E-state index contributed by atoms with van der Waals surface area (Å²) in [5.74, 6) is 0. The standard InChI is InChI=1S/C12H24N2/c1-4-5-6-7-8-13-9-10-14(11-13)12(2)3/h9-10,12H,4-8,11H2,1-3H3. The van der Waals surface area contributed by atoms with Crippen LogP contribution in [0.25, 0.3) is 0 Å². The molecule has 0 N–H and O–H groups in total. The van der Waals surface area contributed by atoms with E-state index in [-0.39, 0.29) is 0 Å². The van der Waals surface area contributed by atoms with Crippen LogP contribution in [0.3, 0.4) is 0 Å². The molecule has 0 saturated carbocycles. The van der Waals surface area contributed by atoms with Crippen molar-refractivity contribution in [3.05, 3.63) is 12.4 Å². The minimum Gasteiger partial charge on any atom is -0.359 e. The summed E-state index contributed by atoms with van der Waals surface area (Å²) in [5.41, 5.74) is 0. The first kappa shape index (κ1) is 11.4. The van der Waals surface area contributed by atoms with Crippen LogP contribution < -0.4 is 0 Å². The van der Waals surface area contributed by atoms with E-state index in [9.17, 15) is 0 Å². The van der Waals surface area contributed by atoms with Gasteiger partial charge in [-0.2, -0.15) is 0 Å². The topological polar surface area (TPSA) is 6.48 Å². The lowest BCUT2D eigenvalue weighted by Crippen LogP contribution is -2.30. The van der Waals surface area contributed by atoms with E-state index in [0.717, 1.165) is 6.67 Å². The van der Waals surface area contributed by atoms with Gasteiger partial charge in [-0.25, -0.2) is 0 Å². The molecule has 1 rings (SSSR count). The van der Waals surface area contributed by atoms with Crippen LogP contribution in [0.2, 0.25) is 0 Å². The average molecular weight is 196 g/mol. The molecule has 0 amide bonds. The second-order valence-electron chi connectivity index (χ2n) is 4.42. The molecule has 0 aromatic carbocycles. The van der Waals surface area contributed by atoms with Crippen molar-refractivity contribution in [2.24, 2.45) is 0 Å². The lowest BCUT2D eigenvalue weighted by Gasteiger charge is -2.24. The van der Waals surface area contributed by atoms with E-state index in [2.05, 4.69) is 43.0 Å². The molecule has 0 spiro atoms. The summed E-state index contributed by atoms with van der Waals surface area (Å²) in [6, 6.07) is 0.631. The van der Waals surface area contributed by atoms with Crippen molar-refractivity contribution in [3.63, 3.8) is 0 Å². The molecule has 2 nitrogen and oxygen atoms in total. The van der Waals surface area contributed by atoms with Crippen LogP contribution in [0.15, 0.2) is 12.4 Å². The summed E-state index contributed by atoms with van der Waals surface area (Å²) >= 11 is 0. The quantitative estimate of drug-likeness (QED) is 0.602. The smallest absolute Gasteiger partial charge is 0.0896 e. The second kappa shape index (κ2) is 5.94. The van der Waals surface area contributed by atoms with Gasteiger partial charge in [0.25, 0.3) is 0 Å². The molecule has 0 fully saturated rings. The van der Waals surface area contributed by atoms with Gasteiger partial charge in [0.15, 0.2) is 0 Å². The Labute approximate surface area is 88.6 Å². The van der Waals surface area contributed by atoms with Gasteiger partial charge in [-0.1, -0.05) is 26.2 Å². The highest BCUT2D eigenvalue weighted by atomic mass is 15.3. The van der Waals surface area contributed by atoms with E-state index >= 15 is 0 Å². The fourth-order valence-corrected chi connectivity index (χ4v) is 1.71. The number of hydrogen-bond donors (Lipinski definition) is 0. The van der Waals surface area contributed by atoms with Crippen molar-refractivity contribution < 1.29 is 0 Å². The Bertz CT molecular complexity index is 175. The molecular formula is C12H24N2. The highest BCUT2D eigenvalue weighted by molar-refractivity contribution is 4.91. The van der Waals surface area contributed by atoms with Crippen LogP contribution in [0, 0.1) is 0 Å². The van der Waals surface area contributed by atoms with E-state index in [1.165, 1.54) is 32.2 Å². The van der Waals surface area contributed by atoms with Gasteiger partial charge in [-0.3, -0.25) is 0 Å². The maximum absolute atomic E-state index is 2.41. The third-order valence-electron chi connectivity index (χ3n) is 2.78. The Kier molecular flexibility index (Phi) is 4.85. The lowest BCUT2D eigenvalue weighted by atomic mass is 10.2. The first-order valence-electron chi connectivity index (χ1n) is 5.92. The maximum Gasteiger partial charge on any atom is 0.0896 e. The highest BCUT2D eigenvalue weighted by Crippen LogP contribution is 2.11. The fourth-order valence-electron chi connectivity index (χ4n) is 1.71. The van der Waals surface area contributed by atoms with Gasteiger partial charge in [0.2, 0.25) is 0 Å². The van der Waals surface area contributed by atoms with E-state index in [0.29, 0.717) is 6.04 Å². The van der Waals surface area contributed by atoms with Crippen LogP contribution in [0.5, 0.6) is 0 Å². The third-order valence-corrected chi connectivity index (χ3v) is 2.78. The zero-order chi connectivity index (χ0) is 10.4. The number of nitrogens with zero attached hydrogens (tertiary/aromatic N) is 2. The van der Waals surface area contributed by atoms with Gasteiger partial charge in [0.05, 0.1) is 6.67 Å². The van der Waals surface area contributed by atoms with Crippen LogP contribution in [-0.2, 0) is 0 Å². The van der Waals surface area contributed by atoms with Crippen LogP contribution >= 0.6 is 0 Å². The molecule has 0 bridgehead atoms. The summed E-state index contributed by atoms with van der Waals surface area (Å²) in [6.07, 6.45) is 9.86. The number of rotatable bonds is 6. The first-order chi connectivity index (χ1) is 6.74. The van der Waals surface area contributed by atoms with Gasteiger partial charge >= 0.3 is 0 Å². The second-order valence-corrected chi connectivity index (χ2v) is 4.42. The molecule has 1 heterocycles. The normalized spacial score (nSPS) is 16.0. The van der Waals surface area contributed by atoms with Gasteiger partial charge in [-0.15, -0.1) is 0 Å². The largest absolute Gasteiger partial charge is 0.359 e. The molecule has 2 heteroatoms. The highest BCUT2D eigenvalue weighted by Gasteiger charge is 2.13. The maximum atomic E-state index is 2.41. The van der Waals surface area contributed by atoms with Gasteiger partial charge in [0, 0.05) is 25.0 Å². The lowest BCUT2D eigenvalue weighted by molar-refractivity contribution is 0.228. The molecule has 0 radical (unpaired) electrons. The van der Waals surface area contributed by atoms with Crippen LogP contribution in [0.4, 0.5) is 0 Å². The molecule has 0 unspecified atom stereocenters. The van der Waals surface area contributed by atoms with Crippen molar-refractivity contribution in [1.29, 1.82) is 0 Å². The Balaban J connectivity index is 2.08. The minimum absolute atomic E-state index is 0.631. The zero-order valence-corrected chi connectivity index (χ0v) is 9.87. The van der Waals surface area contributed by atoms with E-state index in [4.69, 9.17) is 0 Å². The fraction of sp³-hybridized carbons (Fsp3) is 0.833. The molecular weight excluding hydrogens is 172 g/mol. The Hall–Kier alpha value is -0.660. The van der Waals surface area contributed by atoms with E-state index in [1.54, 1.807) is 0 Å². The summed E-state index contributed by atoms with van der Waals surface area (Å²) in [6.45, 7) is 9.05. The molecule has 82 valence electrons. The Morgan fingerprint density at radius 1 is 1.14 bits per heavy atom. The molecule has 1 aliphatic heterocycles. The Morgan fingerprint density at radius 2 is 1.93 bits per heavy atom. The molecule has 0 saturated heterocycles. The number of hydrogen-bond acceptors (Lipinski definition) is 2. The predicted molar refractivity (Wildman–Crippen MR) is 61.8 cm³/mol. The molecule has 0 atom stereocenters. The van der Waals surface area contributed by atoms with Crippen molar-refractivity contribution in [3.8, 4) is 0 Å². The van der Waals surface area contributed by atoms with Crippen molar-refractivity contribution in [1.82, 2.24) is 9.80 Å². The average Bonchev–Trinajstić information content (AvgIpc) is 2.61. The predicted octanol–water partition coefficient (Wildman–Crippen LogP) is 3.02. The Morgan fingerprint density at radius 3 is 2.50 bits per heavy atom. The summed E-state index contributed by atoms with van der Waals surface area (Å²) in [5, 5.41) is 0. The van der Waals surface area contributed by atoms with Crippen molar-refractivity contribution in [2.75, 3.05) is 13.2 Å². The number of unbranched alkanes of at least 4 members (excludes halogenated alkanes) is 3. The summed E-state index contributed by atoms with van der Waals surface area (Å²) in [7, 11) is 0. The summed E-state index contributed by atoms with van der Waals surface area (Å²) < 4.78 is 0. The molecule has 14 heavy (non-hydrogen) atoms. The SMILES string of the molecule is CCCCCCN1C=CN(C(C)C)C1. The monoisotopic (exact) mass is 196 g/mol. The van der Waals surface area contributed by atoms with Crippen molar-refractivity contribution >= 4 is 0 Å². The van der Waals surface area contributed by atoms with E-state index in [1.807, 2.05) is 0 Å². The van der Waals surface area contributed by atoms with Crippen LogP contribution in [-0.4, -0.2) is 29.1 Å². The summed E-state index contributed by atoms with van der Waals surface area (Å²) in [4.78, 5) is 4.79. The van der Waals surface area contributed by atoms with Gasteiger partial charge < -0.3 is 9.80 Å². The molecule has 1 aliphatic rings. The van der Waals surface area contributed by atoms with Gasteiger partial charge in [0.1, 0.15) is 0 Å². The molecule has 0 aromatic rings. The molecule has 0 aromatic heterocycles. The van der Waals surface area contributed by atoms with Crippen molar-refractivity contribution in [2.45, 2.75) is 52.5 Å². The first-order valence-corrected chi connectivity index (χ1v) is 5.92. The zero-order valence-electron chi connectivity index (χ0n) is 9.87. The van der Waals surface area contributed by atoms with Gasteiger partial charge in [-0.05, 0) is 20.3 Å². The van der Waals surface area contributed by atoms with E-state index < -0.39 is 0 Å².